The number of rotatable bonds is 7. The van der Waals surface area contributed by atoms with Crippen molar-refractivity contribution in [2.75, 3.05) is 6.54 Å². The molecule has 0 fully saturated rings. The van der Waals surface area contributed by atoms with E-state index in [0.29, 0.717) is 0 Å². The van der Waals surface area contributed by atoms with Crippen LogP contribution in [0.1, 0.15) is 40.3 Å². The Hall–Kier alpha value is -0.830. The Morgan fingerprint density at radius 2 is 1.88 bits per heavy atom. The monoisotopic (exact) mass is 237 g/mol. The van der Waals surface area contributed by atoms with Gasteiger partial charge >= 0.3 is 0 Å². The average Bonchev–Trinajstić information content (AvgIpc) is 2.70. The normalized spacial score (nSPS) is 12.0. The molecule has 0 aliphatic rings. The third-order valence-corrected chi connectivity index (χ3v) is 3.38. The van der Waals surface area contributed by atoms with E-state index in [-0.39, 0.29) is 0 Å². The van der Waals surface area contributed by atoms with E-state index in [0.717, 1.165) is 43.1 Å². The molecule has 0 amide bonds. The van der Waals surface area contributed by atoms with Crippen LogP contribution in [0.3, 0.4) is 0 Å². The Kier molecular flexibility index (Phi) is 5.69. The van der Waals surface area contributed by atoms with Gasteiger partial charge in [-0.15, -0.1) is 0 Å². The molecule has 98 valence electrons. The molecule has 0 aliphatic heterocycles. The predicted molar refractivity (Wildman–Crippen MR) is 72.8 cm³/mol. The maximum atomic E-state index is 4.43. The molecule has 0 atom stereocenters. The quantitative estimate of drug-likeness (QED) is 0.790. The van der Waals surface area contributed by atoms with Crippen LogP contribution < -0.4 is 5.32 Å². The van der Waals surface area contributed by atoms with Crippen molar-refractivity contribution in [3.8, 4) is 0 Å². The van der Waals surface area contributed by atoms with E-state index in [4.69, 9.17) is 0 Å². The van der Waals surface area contributed by atoms with E-state index in [9.17, 15) is 0 Å². The minimum Gasteiger partial charge on any atom is -0.337 e. The molecule has 0 aromatic carbocycles. The number of hydrogen-bond acceptors (Lipinski definition) is 2. The highest BCUT2D eigenvalue weighted by atomic mass is 15.0. The van der Waals surface area contributed by atoms with Gasteiger partial charge in [0, 0.05) is 19.3 Å². The molecular weight excluding hydrogens is 210 g/mol. The second kappa shape index (κ2) is 6.80. The molecule has 0 unspecified atom stereocenters. The smallest absolute Gasteiger partial charge is 0.0950 e. The van der Waals surface area contributed by atoms with Crippen molar-refractivity contribution >= 4 is 0 Å². The summed E-state index contributed by atoms with van der Waals surface area (Å²) in [6.45, 7) is 14.3. The molecule has 1 aromatic heterocycles. The van der Waals surface area contributed by atoms with Crippen LogP contribution in [-0.4, -0.2) is 16.1 Å². The summed E-state index contributed by atoms with van der Waals surface area (Å²) >= 11 is 0. The summed E-state index contributed by atoms with van der Waals surface area (Å²) in [4.78, 5) is 4.43. The first-order valence-electron chi connectivity index (χ1n) is 6.76. The maximum Gasteiger partial charge on any atom is 0.0950 e. The number of aromatic nitrogens is 2. The zero-order chi connectivity index (χ0) is 12.8. The van der Waals surface area contributed by atoms with Gasteiger partial charge in [-0.2, -0.15) is 0 Å². The van der Waals surface area contributed by atoms with E-state index in [1.165, 1.54) is 0 Å². The summed E-state index contributed by atoms with van der Waals surface area (Å²) in [5.74, 6) is 2.15. The van der Waals surface area contributed by atoms with E-state index in [1.54, 1.807) is 0 Å². The standard InChI is InChI=1S/C14H27N3/c1-6-15-7-13-8-17(10-16-13)9-14(11(2)3)12(4)5/h8,10-12,14-15H,6-7,9H2,1-5H3. The fourth-order valence-electron chi connectivity index (χ4n) is 2.29. The molecule has 1 rings (SSSR count). The summed E-state index contributed by atoms with van der Waals surface area (Å²) in [6, 6.07) is 0. The Labute approximate surface area is 106 Å². The first kappa shape index (κ1) is 14.2. The number of nitrogens with zero attached hydrogens (tertiary/aromatic N) is 2. The van der Waals surface area contributed by atoms with Gasteiger partial charge in [-0.1, -0.05) is 34.6 Å². The lowest BCUT2D eigenvalue weighted by Crippen LogP contribution is -2.21. The molecule has 0 bridgehead atoms. The Balaban J connectivity index is 2.57. The van der Waals surface area contributed by atoms with Crippen molar-refractivity contribution in [1.29, 1.82) is 0 Å². The molecule has 0 radical (unpaired) electrons. The molecule has 17 heavy (non-hydrogen) atoms. The molecule has 0 spiro atoms. The van der Waals surface area contributed by atoms with Crippen LogP contribution in [0, 0.1) is 17.8 Å². The zero-order valence-electron chi connectivity index (χ0n) is 11.9. The summed E-state index contributed by atoms with van der Waals surface area (Å²) in [7, 11) is 0. The Morgan fingerprint density at radius 3 is 2.41 bits per heavy atom. The highest BCUT2D eigenvalue weighted by Crippen LogP contribution is 2.22. The second-order valence-corrected chi connectivity index (χ2v) is 5.49. The van der Waals surface area contributed by atoms with Crippen LogP contribution in [0.2, 0.25) is 0 Å². The summed E-state index contributed by atoms with van der Waals surface area (Å²) in [6.07, 6.45) is 4.13. The summed E-state index contributed by atoms with van der Waals surface area (Å²) < 4.78 is 2.23. The van der Waals surface area contributed by atoms with Crippen molar-refractivity contribution in [1.82, 2.24) is 14.9 Å². The molecule has 1 heterocycles. The van der Waals surface area contributed by atoms with Crippen molar-refractivity contribution in [2.24, 2.45) is 17.8 Å². The predicted octanol–water partition coefficient (Wildman–Crippen LogP) is 2.92. The highest BCUT2D eigenvalue weighted by molar-refractivity contribution is 4.96. The summed E-state index contributed by atoms with van der Waals surface area (Å²) in [5.41, 5.74) is 1.14. The molecular formula is C14H27N3. The van der Waals surface area contributed by atoms with Crippen LogP contribution in [0.25, 0.3) is 0 Å². The van der Waals surface area contributed by atoms with Crippen LogP contribution in [-0.2, 0) is 13.1 Å². The third-order valence-electron chi connectivity index (χ3n) is 3.38. The third kappa shape index (κ3) is 4.50. The van der Waals surface area contributed by atoms with Crippen LogP contribution in [0.15, 0.2) is 12.5 Å². The molecule has 0 aliphatic carbocycles. The van der Waals surface area contributed by atoms with Crippen LogP contribution >= 0.6 is 0 Å². The second-order valence-electron chi connectivity index (χ2n) is 5.49. The van der Waals surface area contributed by atoms with E-state index in [1.807, 2.05) is 6.33 Å². The van der Waals surface area contributed by atoms with Gasteiger partial charge in [-0.25, -0.2) is 4.98 Å². The van der Waals surface area contributed by atoms with Gasteiger partial charge in [-0.05, 0) is 24.3 Å². The largest absolute Gasteiger partial charge is 0.337 e. The highest BCUT2D eigenvalue weighted by Gasteiger charge is 2.17. The van der Waals surface area contributed by atoms with Crippen molar-refractivity contribution in [3.05, 3.63) is 18.2 Å². The van der Waals surface area contributed by atoms with E-state index in [2.05, 4.69) is 55.7 Å². The topological polar surface area (TPSA) is 29.9 Å². The van der Waals surface area contributed by atoms with Gasteiger partial charge in [0.25, 0.3) is 0 Å². The van der Waals surface area contributed by atoms with E-state index >= 15 is 0 Å². The van der Waals surface area contributed by atoms with Gasteiger partial charge in [0.05, 0.1) is 12.0 Å². The first-order valence-corrected chi connectivity index (χ1v) is 6.76. The minimum atomic E-state index is 0.717. The minimum absolute atomic E-state index is 0.717. The maximum absolute atomic E-state index is 4.43. The van der Waals surface area contributed by atoms with Crippen molar-refractivity contribution in [3.63, 3.8) is 0 Å². The molecule has 1 aromatic rings. The Morgan fingerprint density at radius 1 is 1.24 bits per heavy atom. The van der Waals surface area contributed by atoms with Crippen molar-refractivity contribution in [2.45, 2.75) is 47.7 Å². The molecule has 3 nitrogen and oxygen atoms in total. The van der Waals surface area contributed by atoms with Gasteiger partial charge < -0.3 is 9.88 Å². The lowest BCUT2D eigenvalue weighted by atomic mass is 9.85. The van der Waals surface area contributed by atoms with Gasteiger partial charge in [0.2, 0.25) is 0 Å². The Bertz CT molecular complexity index is 307. The number of nitrogens with one attached hydrogen (secondary N) is 1. The first-order chi connectivity index (χ1) is 8.04. The fourth-order valence-corrected chi connectivity index (χ4v) is 2.29. The molecule has 0 saturated heterocycles. The SMILES string of the molecule is CCNCc1cn(CC(C(C)C)C(C)C)cn1. The van der Waals surface area contributed by atoms with Crippen LogP contribution in [0.5, 0.6) is 0 Å². The number of imidazole rings is 1. The lowest BCUT2D eigenvalue weighted by Gasteiger charge is -2.25. The zero-order valence-corrected chi connectivity index (χ0v) is 11.9. The molecule has 1 N–H and O–H groups in total. The lowest BCUT2D eigenvalue weighted by molar-refractivity contribution is 0.251. The van der Waals surface area contributed by atoms with Gasteiger partial charge in [0.15, 0.2) is 0 Å². The van der Waals surface area contributed by atoms with E-state index < -0.39 is 0 Å². The van der Waals surface area contributed by atoms with Crippen molar-refractivity contribution < 1.29 is 0 Å². The van der Waals surface area contributed by atoms with Gasteiger partial charge in [-0.3, -0.25) is 0 Å². The fraction of sp³-hybridized carbons (Fsp3) is 0.786. The molecule has 0 saturated carbocycles. The van der Waals surface area contributed by atoms with Gasteiger partial charge in [0.1, 0.15) is 0 Å². The van der Waals surface area contributed by atoms with Crippen LogP contribution in [0.4, 0.5) is 0 Å². The summed E-state index contributed by atoms with van der Waals surface area (Å²) in [5, 5.41) is 3.30. The average molecular weight is 237 g/mol. The number of hydrogen-bond donors (Lipinski definition) is 1. The molecule has 3 heteroatoms.